The lowest BCUT2D eigenvalue weighted by Crippen LogP contribution is -2.28. The highest BCUT2D eigenvalue weighted by molar-refractivity contribution is 5.89. The molecule has 0 aromatic heterocycles. The topological polar surface area (TPSA) is 63.6 Å². The van der Waals surface area contributed by atoms with Gasteiger partial charge in [-0.05, 0) is 24.5 Å². The van der Waals surface area contributed by atoms with Gasteiger partial charge in [-0.2, -0.15) is 0 Å². The van der Waals surface area contributed by atoms with Gasteiger partial charge < -0.3 is 9.84 Å². The van der Waals surface area contributed by atoms with E-state index >= 15 is 0 Å². The van der Waals surface area contributed by atoms with Gasteiger partial charge >= 0.3 is 11.9 Å². The van der Waals surface area contributed by atoms with Gasteiger partial charge in [0.1, 0.15) is 6.10 Å². The molecule has 4 heteroatoms. The smallest absolute Gasteiger partial charge is 0.338 e. The van der Waals surface area contributed by atoms with E-state index in [2.05, 4.69) is 6.92 Å². The van der Waals surface area contributed by atoms with Crippen LogP contribution in [0.15, 0.2) is 30.3 Å². The number of aliphatic carboxylic acids is 1. The number of carboxylic acid groups (broad SMARTS) is 1. The van der Waals surface area contributed by atoms with Crippen molar-refractivity contribution >= 4 is 11.9 Å². The average molecular weight is 278 g/mol. The second-order valence-electron chi connectivity index (χ2n) is 5.03. The van der Waals surface area contributed by atoms with Crippen LogP contribution in [0.2, 0.25) is 0 Å². The molecule has 0 aliphatic carbocycles. The molecule has 1 N–H and O–H groups in total. The minimum atomic E-state index is -0.945. The number of unbranched alkanes of at least 4 members (excludes halogenated alkanes) is 1. The predicted molar refractivity (Wildman–Crippen MR) is 76.6 cm³/mol. The molecule has 0 heterocycles. The van der Waals surface area contributed by atoms with Gasteiger partial charge in [-0.3, -0.25) is 4.79 Å². The largest absolute Gasteiger partial charge is 0.481 e. The van der Waals surface area contributed by atoms with Crippen molar-refractivity contribution in [2.45, 2.75) is 45.6 Å². The van der Waals surface area contributed by atoms with E-state index in [-0.39, 0.29) is 12.3 Å². The zero-order valence-corrected chi connectivity index (χ0v) is 12.0. The van der Waals surface area contributed by atoms with Crippen molar-refractivity contribution in [3.63, 3.8) is 0 Å². The first-order valence-corrected chi connectivity index (χ1v) is 7.02. The first-order valence-electron chi connectivity index (χ1n) is 7.02. The highest BCUT2D eigenvalue weighted by atomic mass is 16.5. The van der Waals surface area contributed by atoms with Crippen molar-refractivity contribution < 1.29 is 19.4 Å². The molecule has 110 valence electrons. The predicted octanol–water partition coefficient (Wildman–Crippen LogP) is 3.51. The maximum Gasteiger partial charge on any atom is 0.338 e. The van der Waals surface area contributed by atoms with E-state index in [0.717, 1.165) is 19.3 Å². The average Bonchev–Trinajstić information content (AvgIpc) is 2.44. The van der Waals surface area contributed by atoms with Crippen LogP contribution in [0.4, 0.5) is 0 Å². The molecule has 0 aliphatic rings. The molecule has 1 aromatic carbocycles. The Morgan fingerprint density at radius 1 is 1.25 bits per heavy atom. The third-order valence-electron chi connectivity index (χ3n) is 3.29. The fourth-order valence-electron chi connectivity index (χ4n) is 2.02. The van der Waals surface area contributed by atoms with E-state index in [9.17, 15) is 9.59 Å². The molecule has 0 fully saturated rings. The summed E-state index contributed by atoms with van der Waals surface area (Å²) in [5.74, 6) is -1.36. The van der Waals surface area contributed by atoms with E-state index in [4.69, 9.17) is 9.84 Å². The van der Waals surface area contributed by atoms with Gasteiger partial charge in [0.2, 0.25) is 0 Å². The molecule has 20 heavy (non-hydrogen) atoms. The quantitative estimate of drug-likeness (QED) is 0.739. The van der Waals surface area contributed by atoms with E-state index in [1.165, 1.54) is 0 Å². The molecular weight excluding hydrogens is 256 g/mol. The maximum atomic E-state index is 12.0. The van der Waals surface area contributed by atoms with Crippen molar-refractivity contribution in [1.82, 2.24) is 0 Å². The van der Waals surface area contributed by atoms with Gasteiger partial charge in [-0.1, -0.05) is 44.9 Å². The molecular formula is C16H22O4. The number of esters is 1. The van der Waals surface area contributed by atoms with Gasteiger partial charge in [-0.25, -0.2) is 4.79 Å². The van der Waals surface area contributed by atoms with Gasteiger partial charge in [0.25, 0.3) is 0 Å². The highest BCUT2D eigenvalue weighted by Gasteiger charge is 2.24. The fourth-order valence-corrected chi connectivity index (χ4v) is 2.02. The van der Waals surface area contributed by atoms with Crippen molar-refractivity contribution in [3.8, 4) is 0 Å². The number of hydrogen-bond donors (Lipinski definition) is 1. The van der Waals surface area contributed by atoms with Gasteiger partial charge in [0.15, 0.2) is 0 Å². The third kappa shape index (κ3) is 5.43. The number of carbonyl (C=O) groups excluding carboxylic acids is 1. The molecule has 1 rings (SSSR count). The van der Waals surface area contributed by atoms with Crippen LogP contribution in [0, 0.1) is 5.92 Å². The molecule has 2 unspecified atom stereocenters. The van der Waals surface area contributed by atoms with Crippen LogP contribution in [-0.2, 0) is 9.53 Å². The molecule has 2 atom stereocenters. The molecule has 4 nitrogen and oxygen atoms in total. The Kier molecular flexibility index (Phi) is 6.77. The van der Waals surface area contributed by atoms with E-state index < -0.39 is 18.0 Å². The minimum absolute atomic E-state index is 0.0405. The van der Waals surface area contributed by atoms with Crippen LogP contribution in [0.25, 0.3) is 0 Å². The first kappa shape index (κ1) is 16.2. The summed E-state index contributed by atoms with van der Waals surface area (Å²) < 4.78 is 5.39. The molecule has 0 bridgehead atoms. The van der Waals surface area contributed by atoms with Crippen LogP contribution in [0.5, 0.6) is 0 Å². The van der Waals surface area contributed by atoms with Gasteiger partial charge in [-0.15, -0.1) is 0 Å². The Morgan fingerprint density at radius 3 is 2.45 bits per heavy atom. The van der Waals surface area contributed by atoms with Crippen LogP contribution in [-0.4, -0.2) is 23.1 Å². The monoisotopic (exact) mass is 278 g/mol. The summed E-state index contributed by atoms with van der Waals surface area (Å²) in [6.45, 7) is 4.01. The molecule has 1 aromatic rings. The summed E-state index contributed by atoms with van der Waals surface area (Å²) in [5, 5.41) is 8.95. The summed E-state index contributed by atoms with van der Waals surface area (Å²) in [5.41, 5.74) is 0.450. The number of ether oxygens (including phenoxy) is 1. The molecule has 0 aliphatic heterocycles. The van der Waals surface area contributed by atoms with E-state index in [1.54, 1.807) is 24.3 Å². The standard InChI is InChI=1S/C16H22O4/c1-3-4-8-12(2)14(11-15(17)18)20-16(19)13-9-6-5-7-10-13/h5-7,9-10,12,14H,3-4,8,11H2,1-2H3,(H,17,18). The lowest BCUT2D eigenvalue weighted by molar-refractivity contribution is -0.140. The summed E-state index contributed by atoms with van der Waals surface area (Å²) in [4.78, 5) is 22.9. The van der Waals surface area contributed by atoms with Crippen LogP contribution >= 0.6 is 0 Å². The molecule has 0 saturated carbocycles. The summed E-state index contributed by atoms with van der Waals surface area (Å²) in [6, 6.07) is 8.65. The zero-order valence-electron chi connectivity index (χ0n) is 12.0. The molecule has 0 radical (unpaired) electrons. The Balaban J connectivity index is 2.68. The van der Waals surface area contributed by atoms with E-state index in [0.29, 0.717) is 5.56 Å². The second kappa shape index (κ2) is 8.35. The normalized spacial score (nSPS) is 13.5. The number of carboxylic acids is 1. The summed E-state index contributed by atoms with van der Waals surface area (Å²) in [7, 11) is 0. The summed E-state index contributed by atoms with van der Waals surface area (Å²) in [6.07, 6.45) is 2.17. The van der Waals surface area contributed by atoms with Crippen molar-refractivity contribution in [1.29, 1.82) is 0 Å². The lowest BCUT2D eigenvalue weighted by atomic mass is 9.95. The number of carbonyl (C=O) groups is 2. The minimum Gasteiger partial charge on any atom is -0.481 e. The van der Waals surface area contributed by atoms with Crippen LogP contribution in [0.1, 0.15) is 49.9 Å². The van der Waals surface area contributed by atoms with Crippen molar-refractivity contribution in [2.24, 2.45) is 5.92 Å². The zero-order chi connectivity index (χ0) is 15.0. The second-order valence-corrected chi connectivity index (χ2v) is 5.03. The van der Waals surface area contributed by atoms with Gasteiger partial charge in [0.05, 0.1) is 12.0 Å². The highest BCUT2D eigenvalue weighted by Crippen LogP contribution is 2.19. The number of benzene rings is 1. The SMILES string of the molecule is CCCCC(C)C(CC(=O)O)OC(=O)c1ccccc1. The Hall–Kier alpha value is -1.84. The van der Waals surface area contributed by atoms with Crippen molar-refractivity contribution in [3.05, 3.63) is 35.9 Å². The Morgan fingerprint density at radius 2 is 1.90 bits per heavy atom. The first-order chi connectivity index (χ1) is 9.54. The molecule has 0 spiro atoms. The third-order valence-corrected chi connectivity index (χ3v) is 3.29. The Bertz CT molecular complexity index is 427. The van der Waals surface area contributed by atoms with Gasteiger partial charge in [0, 0.05) is 0 Å². The summed E-state index contributed by atoms with van der Waals surface area (Å²) >= 11 is 0. The van der Waals surface area contributed by atoms with E-state index in [1.807, 2.05) is 13.0 Å². The number of rotatable bonds is 8. The maximum absolute atomic E-state index is 12.0. The van der Waals surface area contributed by atoms with Crippen LogP contribution < -0.4 is 0 Å². The Labute approximate surface area is 119 Å². The molecule has 0 amide bonds. The molecule has 0 saturated heterocycles. The fraction of sp³-hybridized carbons (Fsp3) is 0.500. The number of hydrogen-bond acceptors (Lipinski definition) is 3. The van der Waals surface area contributed by atoms with Crippen molar-refractivity contribution in [2.75, 3.05) is 0 Å². The lowest BCUT2D eigenvalue weighted by Gasteiger charge is -2.22. The van der Waals surface area contributed by atoms with Crippen LogP contribution in [0.3, 0.4) is 0 Å².